The monoisotopic (exact) mass is 318 g/mol. The van der Waals surface area contributed by atoms with Crippen molar-refractivity contribution in [1.29, 1.82) is 0 Å². The molecule has 0 unspecified atom stereocenters. The minimum absolute atomic E-state index is 0.141. The van der Waals surface area contributed by atoms with Crippen LogP contribution < -0.4 is 0 Å². The van der Waals surface area contributed by atoms with Crippen LogP contribution in [0, 0.1) is 30.2 Å². The van der Waals surface area contributed by atoms with Crippen molar-refractivity contribution in [1.82, 2.24) is 9.97 Å². The summed E-state index contributed by atoms with van der Waals surface area (Å²) in [5.74, 6) is -5.43. The van der Waals surface area contributed by atoms with Gasteiger partial charge in [0.15, 0.2) is 29.1 Å². The van der Waals surface area contributed by atoms with Crippen LogP contribution in [0.2, 0.25) is 0 Å². The first kappa shape index (κ1) is 15.1. The number of hydrogen-bond acceptors (Lipinski definition) is 2. The van der Waals surface area contributed by atoms with Crippen molar-refractivity contribution >= 4 is 0 Å². The highest BCUT2D eigenvalue weighted by molar-refractivity contribution is 5.66. The maximum atomic E-state index is 14.0. The third-order valence-corrected chi connectivity index (χ3v) is 3.46. The molecule has 0 spiro atoms. The Morgan fingerprint density at radius 1 is 0.696 bits per heavy atom. The van der Waals surface area contributed by atoms with Gasteiger partial charge in [-0.05, 0) is 6.92 Å². The van der Waals surface area contributed by atoms with E-state index >= 15 is 0 Å². The van der Waals surface area contributed by atoms with Crippen LogP contribution in [0.5, 0.6) is 0 Å². The number of rotatable bonds is 2. The van der Waals surface area contributed by atoms with Crippen LogP contribution in [0.25, 0.3) is 22.5 Å². The Morgan fingerprint density at radius 3 is 1.74 bits per heavy atom. The van der Waals surface area contributed by atoms with E-state index in [0.717, 1.165) is 19.3 Å². The summed E-state index contributed by atoms with van der Waals surface area (Å²) < 4.78 is 55.2. The molecular formula is C17H10F4N2. The first-order valence-electron chi connectivity index (χ1n) is 6.71. The molecule has 0 saturated carbocycles. The first-order valence-corrected chi connectivity index (χ1v) is 6.71. The molecule has 23 heavy (non-hydrogen) atoms. The van der Waals surface area contributed by atoms with Gasteiger partial charge in [0, 0.05) is 29.1 Å². The Labute approximate surface area is 129 Å². The van der Waals surface area contributed by atoms with Gasteiger partial charge in [-0.15, -0.1) is 0 Å². The van der Waals surface area contributed by atoms with E-state index in [0.29, 0.717) is 11.4 Å². The fourth-order valence-electron chi connectivity index (χ4n) is 2.19. The molecule has 0 aliphatic carbocycles. The first-order chi connectivity index (χ1) is 11.0. The summed E-state index contributed by atoms with van der Waals surface area (Å²) in [7, 11) is 0. The zero-order valence-electron chi connectivity index (χ0n) is 11.9. The van der Waals surface area contributed by atoms with E-state index < -0.39 is 34.4 Å². The second-order valence-electron chi connectivity index (χ2n) is 4.92. The van der Waals surface area contributed by atoms with Gasteiger partial charge in [0.2, 0.25) is 0 Å². The zero-order chi connectivity index (χ0) is 16.6. The molecule has 0 amide bonds. The Hall–Kier alpha value is -2.76. The van der Waals surface area contributed by atoms with E-state index in [1.54, 1.807) is 24.3 Å². The lowest BCUT2D eigenvalue weighted by Gasteiger charge is -2.09. The summed E-state index contributed by atoms with van der Waals surface area (Å²) in [5, 5.41) is 0. The van der Waals surface area contributed by atoms with E-state index in [4.69, 9.17) is 0 Å². The Balaban J connectivity index is 2.11. The van der Waals surface area contributed by atoms with Gasteiger partial charge >= 0.3 is 0 Å². The topological polar surface area (TPSA) is 25.8 Å². The Morgan fingerprint density at radius 2 is 1.22 bits per heavy atom. The van der Waals surface area contributed by atoms with Crippen molar-refractivity contribution < 1.29 is 17.6 Å². The largest absolute Gasteiger partial charge is 0.236 e. The average molecular weight is 318 g/mol. The van der Waals surface area contributed by atoms with E-state index in [1.807, 2.05) is 6.07 Å². The van der Waals surface area contributed by atoms with Crippen molar-refractivity contribution in [3.05, 3.63) is 71.6 Å². The van der Waals surface area contributed by atoms with Crippen molar-refractivity contribution in [3.63, 3.8) is 0 Å². The van der Waals surface area contributed by atoms with Crippen LogP contribution in [0.3, 0.4) is 0 Å². The molecule has 0 fully saturated rings. The maximum absolute atomic E-state index is 14.0. The smallest absolute Gasteiger partial charge is 0.170 e. The highest BCUT2D eigenvalue weighted by atomic mass is 19.2. The summed E-state index contributed by atoms with van der Waals surface area (Å²) in [5.41, 5.74) is -0.950. The molecule has 3 rings (SSSR count). The Bertz CT molecular complexity index is 833. The molecule has 0 radical (unpaired) electrons. The minimum Gasteiger partial charge on any atom is -0.236 e. The summed E-state index contributed by atoms with van der Waals surface area (Å²) >= 11 is 0. The van der Waals surface area contributed by atoms with E-state index in [2.05, 4.69) is 9.97 Å². The second kappa shape index (κ2) is 5.79. The summed E-state index contributed by atoms with van der Waals surface area (Å²) in [6, 6.07) is 8.93. The third kappa shape index (κ3) is 2.56. The fourth-order valence-corrected chi connectivity index (χ4v) is 2.19. The number of benzene rings is 2. The van der Waals surface area contributed by atoms with E-state index in [1.165, 1.54) is 0 Å². The summed E-state index contributed by atoms with van der Waals surface area (Å²) in [6.07, 6.45) is 2.26. The maximum Gasteiger partial charge on any atom is 0.170 e. The minimum atomic E-state index is -1.46. The van der Waals surface area contributed by atoms with Crippen LogP contribution in [0.15, 0.2) is 42.7 Å². The van der Waals surface area contributed by atoms with Crippen molar-refractivity contribution in [2.24, 2.45) is 0 Å². The quantitative estimate of drug-likeness (QED) is 0.507. The molecule has 2 aromatic carbocycles. The van der Waals surface area contributed by atoms with E-state index in [9.17, 15) is 17.6 Å². The average Bonchev–Trinajstić information content (AvgIpc) is 2.60. The van der Waals surface area contributed by atoms with Gasteiger partial charge < -0.3 is 0 Å². The molecule has 1 aromatic heterocycles. The standard InChI is InChI=1S/C17H10F4N2/c1-9-13(18)15(20)12(16(21)14(9)19)11-7-22-17(23-8-11)10-5-3-2-4-6-10/h2-8H,1H3. The van der Waals surface area contributed by atoms with Crippen LogP contribution in [-0.2, 0) is 0 Å². The number of nitrogens with zero attached hydrogens (tertiary/aromatic N) is 2. The normalized spacial score (nSPS) is 10.8. The Kier molecular flexibility index (Phi) is 3.82. The van der Waals surface area contributed by atoms with Crippen molar-refractivity contribution in [2.75, 3.05) is 0 Å². The molecule has 6 heteroatoms. The molecule has 2 nitrogen and oxygen atoms in total. The molecular weight excluding hydrogens is 308 g/mol. The van der Waals surface area contributed by atoms with Crippen molar-refractivity contribution in [2.45, 2.75) is 6.92 Å². The lowest BCUT2D eigenvalue weighted by molar-refractivity contribution is 0.449. The molecule has 116 valence electrons. The fraction of sp³-hybridized carbons (Fsp3) is 0.0588. The molecule has 0 aliphatic heterocycles. The van der Waals surface area contributed by atoms with Gasteiger partial charge in [-0.2, -0.15) is 0 Å². The summed E-state index contributed by atoms with van der Waals surface area (Å²) in [4.78, 5) is 8.00. The van der Waals surface area contributed by atoms with Crippen LogP contribution in [0.1, 0.15) is 5.56 Å². The van der Waals surface area contributed by atoms with Gasteiger partial charge in [0.1, 0.15) is 0 Å². The van der Waals surface area contributed by atoms with Crippen molar-refractivity contribution in [3.8, 4) is 22.5 Å². The lowest BCUT2D eigenvalue weighted by atomic mass is 10.0. The van der Waals surface area contributed by atoms with Gasteiger partial charge in [0.05, 0.1) is 5.56 Å². The number of aromatic nitrogens is 2. The zero-order valence-corrected chi connectivity index (χ0v) is 11.9. The predicted octanol–water partition coefficient (Wildman–Crippen LogP) is 4.68. The predicted molar refractivity (Wildman–Crippen MR) is 77.5 cm³/mol. The molecule has 1 heterocycles. The third-order valence-electron chi connectivity index (χ3n) is 3.46. The molecule has 0 aliphatic rings. The van der Waals surface area contributed by atoms with Crippen LogP contribution in [0.4, 0.5) is 17.6 Å². The highest BCUT2D eigenvalue weighted by Gasteiger charge is 2.24. The number of hydrogen-bond donors (Lipinski definition) is 0. The summed E-state index contributed by atoms with van der Waals surface area (Å²) in [6.45, 7) is 0.968. The number of halogens is 4. The van der Waals surface area contributed by atoms with Gasteiger partial charge in [-0.1, -0.05) is 30.3 Å². The molecule has 0 atom stereocenters. The molecule has 0 bridgehead atoms. The molecule has 3 aromatic rings. The second-order valence-corrected chi connectivity index (χ2v) is 4.92. The highest BCUT2D eigenvalue weighted by Crippen LogP contribution is 2.31. The van der Waals surface area contributed by atoms with E-state index in [-0.39, 0.29) is 5.56 Å². The van der Waals surface area contributed by atoms with Crippen LogP contribution >= 0.6 is 0 Å². The SMILES string of the molecule is Cc1c(F)c(F)c(-c2cnc(-c3ccccc3)nc2)c(F)c1F. The molecule has 0 N–H and O–H groups in total. The molecule has 0 saturated heterocycles. The van der Waals surface area contributed by atoms with Gasteiger partial charge in [0.25, 0.3) is 0 Å². The van der Waals surface area contributed by atoms with Gasteiger partial charge in [-0.25, -0.2) is 27.5 Å². The lowest BCUT2D eigenvalue weighted by Crippen LogP contribution is -2.03. The van der Waals surface area contributed by atoms with Crippen LogP contribution in [-0.4, -0.2) is 9.97 Å². The van der Waals surface area contributed by atoms with Gasteiger partial charge in [-0.3, -0.25) is 0 Å².